The molecule has 0 atom stereocenters. The van der Waals surface area contributed by atoms with Crippen LogP contribution in [-0.2, 0) is 4.79 Å². The summed E-state index contributed by atoms with van der Waals surface area (Å²) in [6.45, 7) is 6.61. The summed E-state index contributed by atoms with van der Waals surface area (Å²) in [6.07, 6.45) is 0. The Balaban J connectivity index is 2.65. The Labute approximate surface area is 188 Å². The van der Waals surface area contributed by atoms with Gasteiger partial charge in [0, 0.05) is 26.1 Å². The molecule has 0 saturated carbocycles. The van der Waals surface area contributed by atoms with Crippen LogP contribution in [0.3, 0.4) is 0 Å². The highest BCUT2D eigenvalue weighted by atomic mass is 35.5. The summed E-state index contributed by atoms with van der Waals surface area (Å²) in [7, 11) is 1.47. The molecule has 12 nitrogen and oxygen atoms in total. The number of rotatable bonds is 9. The number of hydrogen-bond donors (Lipinski definition) is 1. The summed E-state index contributed by atoms with van der Waals surface area (Å²) >= 11 is 5.87. The van der Waals surface area contributed by atoms with E-state index in [2.05, 4.69) is 15.5 Å². The molecule has 0 fully saturated rings. The zero-order chi connectivity index (χ0) is 24.0. The van der Waals surface area contributed by atoms with E-state index in [-0.39, 0.29) is 22.3 Å². The van der Waals surface area contributed by atoms with Gasteiger partial charge in [0.05, 0.1) is 34.4 Å². The summed E-state index contributed by atoms with van der Waals surface area (Å²) < 4.78 is 5.45. The molecule has 0 heterocycles. The molecule has 0 bridgehead atoms. The number of anilines is 2. The standard InChI is InChI=1S/C19H21ClN6O6/c1-5-24(6-2)18-8-13(21-11(3)27)14(9-19(18)32-4)22-23-15-7-12(20)16(25(28)29)10-17(15)26(30)31/h7-10H,5-6H2,1-4H3,(H,21,27)/b23-22+. The zero-order valence-corrected chi connectivity index (χ0v) is 18.5. The maximum absolute atomic E-state index is 11.7. The van der Waals surface area contributed by atoms with Crippen LogP contribution < -0.4 is 15.0 Å². The van der Waals surface area contributed by atoms with Crippen LogP contribution in [0.15, 0.2) is 34.5 Å². The number of halogens is 1. The molecule has 2 rings (SSSR count). The zero-order valence-electron chi connectivity index (χ0n) is 17.8. The van der Waals surface area contributed by atoms with E-state index in [1.165, 1.54) is 20.1 Å². The van der Waals surface area contributed by atoms with Crippen molar-refractivity contribution in [2.45, 2.75) is 20.8 Å². The van der Waals surface area contributed by atoms with Gasteiger partial charge in [-0.15, -0.1) is 10.2 Å². The fraction of sp³-hybridized carbons (Fsp3) is 0.316. The fourth-order valence-electron chi connectivity index (χ4n) is 2.92. The molecule has 0 aliphatic heterocycles. The van der Waals surface area contributed by atoms with Crippen molar-refractivity contribution in [1.29, 1.82) is 0 Å². The maximum atomic E-state index is 11.7. The molecule has 2 aromatic carbocycles. The highest BCUT2D eigenvalue weighted by molar-refractivity contribution is 6.33. The minimum absolute atomic E-state index is 0.164. The van der Waals surface area contributed by atoms with E-state index in [0.717, 1.165) is 12.1 Å². The van der Waals surface area contributed by atoms with Gasteiger partial charge in [0.25, 0.3) is 5.69 Å². The number of nitrogens with one attached hydrogen (secondary N) is 1. The van der Waals surface area contributed by atoms with Crippen molar-refractivity contribution < 1.29 is 19.4 Å². The summed E-state index contributed by atoms with van der Waals surface area (Å²) in [5.74, 6) is 0.0921. The predicted octanol–water partition coefficient (Wildman–Crippen LogP) is 5.39. The van der Waals surface area contributed by atoms with Crippen molar-refractivity contribution in [3.8, 4) is 5.75 Å². The van der Waals surface area contributed by atoms with Crippen molar-refractivity contribution in [3.05, 3.63) is 49.5 Å². The highest BCUT2D eigenvalue weighted by Gasteiger charge is 2.24. The molecular weight excluding hydrogens is 444 g/mol. The largest absolute Gasteiger partial charge is 0.494 e. The molecule has 0 spiro atoms. The summed E-state index contributed by atoms with van der Waals surface area (Å²) in [6, 6.07) is 4.90. The predicted molar refractivity (Wildman–Crippen MR) is 120 cm³/mol. The number of ether oxygens (including phenoxy) is 1. The molecule has 0 saturated heterocycles. The van der Waals surface area contributed by atoms with Crippen LogP contribution in [0.2, 0.25) is 5.02 Å². The molecule has 1 N–H and O–H groups in total. The van der Waals surface area contributed by atoms with Gasteiger partial charge < -0.3 is 15.0 Å². The van der Waals surface area contributed by atoms with Crippen molar-refractivity contribution in [2.24, 2.45) is 10.2 Å². The number of nitrogens with zero attached hydrogens (tertiary/aromatic N) is 5. The van der Waals surface area contributed by atoms with Crippen LogP contribution in [0.5, 0.6) is 5.75 Å². The Morgan fingerprint density at radius 3 is 2.16 bits per heavy atom. The minimum Gasteiger partial charge on any atom is -0.494 e. The number of carbonyl (C=O) groups excluding carboxylic acids is 1. The number of benzene rings is 2. The summed E-state index contributed by atoms with van der Waals surface area (Å²) in [5, 5.41) is 32.6. The molecule has 2 aromatic rings. The van der Waals surface area contributed by atoms with Gasteiger partial charge in [-0.05, 0) is 26.0 Å². The van der Waals surface area contributed by atoms with E-state index in [4.69, 9.17) is 16.3 Å². The van der Waals surface area contributed by atoms with E-state index in [1.807, 2.05) is 18.7 Å². The molecule has 1 amide bonds. The molecule has 0 unspecified atom stereocenters. The second-order valence-corrected chi connectivity index (χ2v) is 6.81. The lowest BCUT2D eigenvalue weighted by molar-refractivity contribution is -0.393. The van der Waals surface area contributed by atoms with Crippen LogP contribution in [0.1, 0.15) is 20.8 Å². The van der Waals surface area contributed by atoms with Gasteiger partial charge in [-0.25, -0.2) is 0 Å². The second kappa shape index (κ2) is 10.5. The lowest BCUT2D eigenvalue weighted by Gasteiger charge is -2.24. The van der Waals surface area contributed by atoms with Crippen molar-refractivity contribution in [1.82, 2.24) is 0 Å². The first-order valence-electron chi connectivity index (χ1n) is 9.41. The van der Waals surface area contributed by atoms with E-state index in [1.54, 1.807) is 6.07 Å². The Morgan fingerprint density at radius 1 is 1.06 bits per heavy atom. The van der Waals surface area contributed by atoms with E-state index in [9.17, 15) is 25.0 Å². The topological polar surface area (TPSA) is 153 Å². The lowest BCUT2D eigenvalue weighted by atomic mass is 10.2. The van der Waals surface area contributed by atoms with Crippen molar-refractivity contribution >= 4 is 51.6 Å². The summed E-state index contributed by atoms with van der Waals surface area (Å²) in [4.78, 5) is 34.5. The van der Waals surface area contributed by atoms with E-state index in [0.29, 0.717) is 30.2 Å². The Kier molecular flexibility index (Phi) is 8.02. The Bertz CT molecular complexity index is 1090. The molecule has 32 heavy (non-hydrogen) atoms. The minimum atomic E-state index is -0.831. The number of nitro benzene ring substituents is 2. The number of azo groups is 1. The molecular formula is C19H21ClN6O6. The number of hydrogen-bond acceptors (Lipinski definition) is 9. The van der Waals surface area contributed by atoms with Crippen LogP contribution in [0.25, 0.3) is 0 Å². The monoisotopic (exact) mass is 464 g/mol. The quantitative estimate of drug-likeness (QED) is 0.296. The fourth-order valence-corrected chi connectivity index (χ4v) is 3.15. The average molecular weight is 465 g/mol. The van der Waals surface area contributed by atoms with Crippen LogP contribution in [0.4, 0.5) is 34.1 Å². The Hall–Kier alpha value is -3.80. The maximum Gasteiger partial charge on any atom is 0.303 e. The van der Waals surface area contributed by atoms with Crippen molar-refractivity contribution in [2.75, 3.05) is 30.4 Å². The van der Waals surface area contributed by atoms with E-state index < -0.39 is 21.2 Å². The smallest absolute Gasteiger partial charge is 0.303 e. The number of amides is 1. The molecule has 13 heteroatoms. The number of nitro groups is 2. The molecule has 0 aliphatic rings. The van der Waals surface area contributed by atoms with Crippen LogP contribution >= 0.6 is 11.6 Å². The van der Waals surface area contributed by atoms with E-state index >= 15 is 0 Å². The van der Waals surface area contributed by atoms with Gasteiger partial charge >= 0.3 is 5.69 Å². The lowest BCUT2D eigenvalue weighted by Crippen LogP contribution is -2.22. The number of carbonyl (C=O) groups is 1. The average Bonchev–Trinajstić information content (AvgIpc) is 2.73. The van der Waals surface area contributed by atoms with Crippen LogP contribution in [-0.4, -0.2) is 36.0 Å². The first kappa shape index (κ1) is 24.5. The first-order chi connectivity index (χ1) is 15.1. The second-order valence-electron chi connectivity index (χ2n) is 6.40. The third-order valence-corrected chi connectivity index (χ3v) is 4.72. The summed E-state index contributed by atoms with van der Waals surface area (Å²) in [5.41, 5.74) is -0.369. The Morgan fingerprint density at radius 2 is 1.66 bits per heavy atom. The van der Waals surface area contributed by atoms with Gasteiger partial charge in [-0.3, -0.25) is 25.0 Å². The third kappa shape index (κ3) is 5.46. The van der Waals surface area contributed by atoms with Crippen molar-refractivity contribution in [3.63, 3.8) is 0 Å². The number of methoxy groups -OCH3 is 1. The molecule has 0 radical (unpaired) electrons. The normalized spacial score (nSPS) is 10.8. The van der Waals surface area contributed by atoms with Gasteiger partial charge in [0.2, 0.25) is 5.91 Å². The first-order valence-corrected chi connectivity index (χ1v) is 9.79. The van der Waals surface area contributed by atoms with Gasteiger partial charge in [-0.1, -0.05) is 11.6 Å². The van der Waals surface area contributed by atoms with Crippen LogP contribution in [0, 0.1) is 20.2 Å². The van der Waals surface area contributed by atoms with Gasteiger partial charge in [0.1, 0.15) is 16.5 Å². The molecule has 0 aromatic heterocycles. The van der Waals surface area contributed by atoms with Gasteiger partial charge in [-0.2, -0.15) is 0 Å². The van der Waals surface area contributed by atoms with Gasteiger partial charge in [0.15, 0.2) is 5.69 Å². The molecule has 170 valence electrons. The highest BCUT2D eigenvalue weighted by Crippen LogP contribution is 2.41. The third-order valence-electron chi connectivity index (χ3n) is 4.41. The molecule has 0 aliphatic carbocycles. The SMILES string of the molecule is CCN(CC)c1cc(NC(C)=O)c(/N=N/c2cc(Cl)c([N+](=O)[O-])cc2[N+](=O)[O-])cc1OC.